The second-order valence-electron chi connectivity index (χ2n) is 8.22. The molecule has 1 aliphatic heterocycles. The molecular weight excluding hydrogens is 552 g/mol. The zero-order valence-electron chi connectivity index (χ0n) is 20.2. The highest BCUT2D eigenvalue weighted by molar-refractivity contribution is 9.09. The summed E-state index contributed by atoms with van der Waals surface area (Å²) in [7, 11) is 0. The average Bonchev–Trinajstić information content (AvgIpc) is 3.32. The van der Waals surface area contributed by atoms with E-state index in [1.54, 1.807) is 11.3 Å². The molecule has 10 heteroatoms. The first kappa shape index (κ1) is 26.4. The number of thiophene rings is 1. The SMILES string of the molecule is Cc1sc2c(c1C)C(c1ccc(Cl)cc1)=N[C@@H](CCOCCOCCOCCBr)c1nnc(C)n1-2. The van der Waals surface area contributed by atoms with Crippen LogP contribution in [-0.4, -0.2) is 65.4 Å². The topological polar surface area (TPSA) is 70.8 Å². The van der Waals surface area contributed by atoms with Crippen molar-refractivity contribution in [2.45, 2.75) is 33.2 Å². The van der Waals surface area contributed by atoms with Gasteiger partial charge >= 0.3 is 0 Å². The third kappa shape index (κ3) is 6.21. The molecular formula is C25H30BrClN4O3S. The summed E-state index contributed by atoms with van der Waals surface area (Å²) in [4.78, 5) is 6.51. The lowest BCUT2D eigenvalue weighted by Crippen LogP contribution is -2.12. The largest absolute Gasteiger partial charge is 0.379 e. The van der Waals surface area contributed by atoms with E-state index < -0.39 is 0 Å². The second kappa shape index (κ2) is 12.6. The van der Waals surface area contributed by atoms with Crippen molar-refractivity contribution in [3.05, 3.63) is 62.5 Å². The molecule has 1 atom stereocenters. The van der Waals surface area contributed by atoms with Crippen molar-refractivity contribution in [1.29, 1.82) is 0 Å². The first-order valence-electron chi connectivity index (χ1n) is 11.7. The van der Waals surface area contributed by atoms with E-state index in [-0.39, 0.29) is 6.04 Å². The van der Waals surface area contributed by atoms with Crippen molar-refractivity contribution in [1.82, 2.24) is 14.8 Å². The van der Waals surface area contributed by atoms with E-state index in [4.69, 9.17) is 30.8 Å². The lowest BCUT2D eigenvalue weighted by atomic mass is 9.99. The number of aryl methyl sites for hydroxylation is 2. The molecule has 0 aliphatic carbocycles. The lowest BCUT2D eigenvalue weighted by molar-refractivity contribution is 0.0162. The van der Waals surface area contributed by atoms with Crippen LogP contribution in [0.4, 0.5) is 0 Å². The van der Waals surface area contributed by atoms with Gasteiger partial charge in [0.25, 0.3) is 0 Å². The quantitative estimate of drug-likeness (QED) is 0.205. The smallest absolute Gasteiger partial charge is 0.163 e. The van der Waals surface area contributed by atoms with Gasteiger partial charge in [-0.05, 0) is 38.5 Å². The number of benzene rings is 1. The van der Waals surface area contributed by atoms with Crippen molar-refractivity contribution in [2.75, 3.05) is 45.0 Å². The molecule has 3 aromatic rings. The van der Waals surface area contributed by atoms with E-state index in [1.807, 2.05) is 31.2 Å². The highest BCUT2D eigenvalue weighted by Gasteiger charge is 2.31. The number of ether oxygens (including phenoxy) is 3. The summed E-state index contributed by atoms with van der Waals surface area (Å²) in [5, 5.41) is 11.6. The minimum absolute atomic E-state index is 0.181. The van der Waals surface area contributed by atoms with Gasteiger partial charge in [-0.15, -0.1) is 21.5 Å². The Hall–Kier alpha value is -1.62. The number of halogens is 2. The number of aliphatic imine (C=N–C) groups is 1. The fourth-order valence-electron chi connectivity index (χ4n) is 3.98. The minimum atomic E-state index is -0.181. The zero-order valence-corrected chi connectivity index (χ0v) is 23.4. The zero-order chi connectivity index (χ0) is 24.8. The number of aromatic nitrogens is 3. The maximum absolute atomic E-state index is 6.18. The predicted molar refractivity (Wildman–Crippen MR) is 144 cm³/mol. The summed E-state index contributed by atoms with van der Waals surface area (Å²) < 4.78 is 19.0. The van der Waals surface area contributed by atoms with Crippen molar-refractivity contribution in [3.8, 4) is 5.00 Å². The van der Waals surface area contributed by atoms with Crippen LogP contribution in [0.2, 0.25) is 5.02 Å². The Kier molecular flexibility index (Phi) is 9.49. The van der Waals surface area contributed by atoms with Crippen molar-refractivity contribution in [2.24, 2.45) is 4.99 Å². The van der Waals surface area contributed by atoms with Gasteiger partial charge in [-0.2, -0.15) is 0 Å². The number of alkyl halides is 1. The number of hydrogen-bond acceptors (Lipinski definition) is 7. The normalized spacial score (nSPS) is 15.0. The summed E-state index contributed by atoms with van der Waals surface area (Å²) in [5.41, 5.74) is 4.36. The Morgan fingerprint density at radius 2 is 1.60 bits per heavy atom. The van der Waals surface area contributed by atoms with Gasteiger partial charge in [0.15, 0.2) is 5.82 Å². The first-order valence-corrected chi connectivity index (χ1v) is 14.0. The Labute approximate surface area is 223 Å². The maximum atomic E-state index is 6.18. The fourth-order valence-corrected chi connectivity index (χ4v) is 5.55. The molecule has 0 radical (unpaired) electrons. The molecule has 3 heterocycles. The van der Waals surface area contributed by atoms with Gasteiger partial charge in [0, 0.05) is 39.4 Å². The van der Waals surface area contributed by atoms with Crippen LogP contribution in [0.25, 0.3) is 5.00 Å². The molecule has 1 aromatic carbocycles. The van der Waals surface area contributed by atoms with Crippen molar-refractivity contribution in [3.63, 3.8) is 0 Å². The van der Waals surface area contributed by atoms with Gasteiger partial charge in [-0.3, -0.25) is 9.56 Å². The first-order chi connectivity index (χ1) is 17.0. The van der Waals surface area contributed by atoms with Crippen molar-refractivity contribution >= 4 is 44.6 Å². The molecule has 35 heavy (non-hydrogen) atoms. The highest BCUT2D eigenvalue weighted by atomic mass is 79.9. The van der Waals surface area contributed by atoms with Gasteiger partial charge in [0.05, 0.1) is 38.7 Å². The molecule has 0 amide bonds. The Balaban J connectivity index is 1.52. The Morgan fingerprint density at radius 1 is 0.943 bits per heavy atom. The molecule has 4 rings (SSSR count). The van der Waals surface area contributed by atoms with E-state index in [9.17, 15) is 0 Å². The van der Waals surface area contributed by atoms with Crippen LogP contribution in [0.3, 0.4) is 0 Å². The summed E-state index contributed by atoms with van der Waals surface area (Å²) in [6.45, 7) is 9.75. The van der Waals surface area contributed by atoms with Crippen LogP contribution in [0, 0.1) is 20.8 Å². The average molecular weight is 582 g/mol. The fraction of sp³-hybridized carbons (Fsp3) is 0.480. The van der Waals surface area contributed by atoms with E-state index in [2.05, 4.69) is 44.5 Å². The molecule has 1 aliphatic rings. The Morgan fingerprint density at radius 3 is 2.29 bits per heavy atom. The van der Waals surface area contributed by atoms with Crippen LogP contribution < -0.4 is 0 Å². The van der Waals surface area contributed by atoms with Crippen LogP contribution in [0.15, 0.2) is 29.3 Å². The maximum Gasteiger partial charge on any atom is 0.163 e. The standard InChI is InChI=1S/C25H30BrClN4O3S/c1-16-17(2)35-25-22(16)23(19-4-6-20(27)7-5-19)28-21(24-30-29-18(3)31(24)25)8-10-32-12-14-34-15-13-33-11-9-26/h4-7,21H,8-15H2,1-3H3/t21-/m0/s1. The predicted octanol–water partition coefficient (Wildman–Crippen LogP) is 5.63. The summed E-state index contributed by atoms with van der Waals surface area (Å²) in [5.74, 6) is 1.70. The highest BCUT2D eigenvalue weighted by Crippen LogP contribution is 2.39. The molecule has 0 unspecified atom stereocenters. The molecule has 0 saturated heterocycles. The third-order valence-corrected chi connectivity index (χ3v) is 7.63. The van der Waals surface area contributed by atoms with Gasteiger partial charge in [0.2, 0.25) is 0 Å². The lowest BCUT2D eigenvalue weighted by Gasteiger charge is -2.13. The second-order valence-corrected chi connectivity index (χ2v) is 10.7. The molecule has 0 bridgehead atoms. The molecule has 7 nitrogen and oxygen atoms in total. The number of fused-ring (bicyclic) bond motifs is 3. The summed E-state index contributed by atoms with van der Waals surface area (Å²) >= 11 is 11.3. The Bertz CT molecular complexity index is 1160. The van der Waals surface area contributed by atoms with Crippen LogP contribution in [0.1, 0.15) is 45.7 Å². The summed E-state index contributed by atoms with van der Waals surface area (Å²) in [6, 6.07) is 7.70. The van der Waals surface area contributed by atoms with Crippen LogP contribution in [-0.2, 0) is 14.2 Å². The monoisotopic (exact) mass is 580 g/mol. The minimum Gasteiger partial charge on any atom is -0.379 e. The van der Waals surface area contributed by atoms with E-state index in [1.165, 1.54) is 10.4 Å². The van der Waals surface area contributed by atoms with Gasteiger partial charge in [-0.1, -0.05) is 39.7 Å². The van der Waals surface area contributed by atoms with Gasteiger partial charge in [-0.25, -0.2) is 0 Å². The molecule has 0 spiro atoms. The van der Waals surface area contributed by atoms with Crippen LogP contribution >= 0.6 is 38.9 Å². The summed E-state index contributed by atoms with van der Waals surface area (Å²) in [6.07, 6.45) is 0.691. The molecule has 0 N–H and O–H groups in total. The van der Waals surface area contributed by atoms with Gasteiger partial charge in [0.1, 0.15) is 16.9 Å². The third-order valence-electron chi connectivity index (χ3n) is 5.86. The molecule has 0 saturated carbocycles. The molecule has 0 fully saturated rings. The van der Waals surface area contributed by atoms with E-state index in [0.29, 0.717) is 51.1 Å². The van der Waals surface area contributed by atoms with E-state index >= 15 is 0 Å². The molecule has 188 valence electrons. The number of nitrogens with zero attached hydrogens (tertiary/aromatic N) is 4. The van der Waals surface area contributed by atoms with E-state index in [0.717, 1.165) is 38.8 Å². The van der Waals surface area contributed by atoms with Crippen molar-refractivity contribution < 1.29 is 14.2 Å². The van der Waals surface area contributed by atoms with Crippen LogP contribution in [0.5, 0.6) is 0 Å². The number of rotatable bonds is 12. The van der Waals surface area contributed by atoms with Gasteiger partial charge < -0.3 is 14.2 Å². The molecule has 2 aromatic heterocycles. The number of hydrogen-bond donors (Lipinski definition) is 0.